The van der Waals surface area contributed by atoms with Gasteiger partial charge >= 0.3 is 53.2 Å². The smallest absolute Gasteiger partial charge is 1.00 e. The molecule has 0 bridgehead atoms. The summed E-state index contributed by atoms with van der Waals surface area (Å²) in [7, 11) is -1.44. The first-order valence-corrected chi connectivity index (χ1v) is 4.95. The van der Waals surface area contributed by atoms with E-state index in [2.05, 4.69) is 0 Å². The second-order valence-corrected chi connectivity index (χ2v) is 3.36. The number of hydrogen-bond acceptors (Lipinski definition) is 3. The number of halogens is 4. The molecule has 10 heteroatoms. The van der Waals surface area contributed by atoms with Crippen LogP contribution in [0.5, 0.6) is 11.5 Å². The summed E-state index contributed by atoms with van der Waals surface area (Å²) in [5.74, 6) is 1.41. The van der Waals surface area contributed by atoms with Crippen molar-refractivity contribution in [1.82, 2.24) is 0 Å². The Kier molecular flexibility index (Phi) is 28.5. The van der Waals surface area contributed by atoms with Gasteiger partial charge in [-0.15, -0.1) is 0 Å². The summed E-state index contributed by atoms with van der Waals surface area (Å²) in [6.07, 6.45) is 0. The van der Waals surface area contributed by atoms with Gasteiger partial charge in [0.1, 0.15) is 11.5 Å². The molecule has 0 saturated carbocycles. The minimum absolute atomic E-state index is 0. The van der Waals surface area contributed by atoms with Gasteiger partial charge in [0.2, 0.25) is 0 Å². The Labute approximate surface area is 187 Å². The largest absolute Gasteiger partial charge is 2.00 e. The molecule has 2 aromatic carbocycles. The van der Waals surface area contributed by atoms with E-state index in [1.807, 2.05) is 30.3 Å². The average Bonchev–Trinajstić information content (AvgIpc) is 2.31. The van der Waals surface area contributed by atoms with Gasteiger partial charge in [0, 0.05) is 0 Å². The van der Waals surface area contributed by atoms with E-state index in [1.54, 1.807) is 24.3 Å². The van der Waals surface area contributed by atoms with E-state index >= 15 is 0 Å². The van der Waals surface area contributed by atoms with Gasteiger partial charge in [0.05, 0.1) is 0 Å². The van der Waals surface area contributed by atoms with Crippen molar-refractivity contribution in [3.63, 3.8) is 0 Å². The van der Waals surface area contributed by atoms with Crippen molar-refractivity contribution in [2.45, 2.75) is 0 Å². The van der Waals surface area contributed by atoms with Gasteiger partial charge in [-0.3, -0.25) is 0 Å². The van der Waals surface area contributed by atoms with Crippen molar-refractivity contribution in [3.05, 3.63) is 54.6 Å². The second-order valence-electron chi connectivity index (χ2n) is 3.36. The molecule has 0 amide bonds. The minimum Gasteiger partial charge on any atom is -1.00 e. The van der Waals surface area contributed by atoms with Crippen LogP contribution in [-0.4, -0.2) is 63.3 Å². The molecule has 2 N–H and O–H groups in total. The third kappa shape index (κ3) is 11.5. The Morgan fingerprint density at radius 3 is 1.45 bits per heavy atom. The maximum atomic E-state index is 8.92. The first-order chi connectivity index (χ1) is 7.75. The van der Waals surface area contributed by atoms with Crippen LogP contribution < -0.4 is 59.8 Å². The molecule has 0 heterocycles. The standard InChI is InChI=1S/C12H11BO3.4ClH.2Mg/c14-13(15)10-6-8-12(9-7-10)16-11-4-2-1-3-5-11;;;;;;/h1-9,14-15H;4*1H;;/q;;;;;2*+2/p-4. The molecule has 0 aliphatic rings. The van der Waals surface area contributed by atoms with E-state index in [-0.39, 0.29) is 95.7 Å². The molecule has 3 nitrogen and oxygen atoms in total. The van der Waals surface area contributed by atoms with Crippen LogP contribution in [0.3, 0.4) is 0 Å². The summed E-state index contributed by atoms with van der Waals surface area (Å²) in [5.41, 5.74) is 0.445. The molecule has 0 fully saturated rings. The van der Waals surface area contributed by atoms with E-state index in [1.165, 1.54) is 0 Å². The van der Waals surface area contributed by atoms with Crippen LogP contribution in [-0.2, 0) is 0 Å². The minimum atomic E-state index is -1.44. The van der Waals surface area contributed by atoms with E-state index in [4.69, 9.17) is 14.8 Å². The summed E-state index contributed by atoms with van der Waals surface area (Å²) in [4.78, 5) is 0. The van der Waals surface area contributed by atoms with E-state index in [0.29, 0.717) is 11.2 Å². The van der Waals surface area contributed by atoms with Gasteiger partial charge in [-0.25, -0.2) is 0 Å². The second kappa shape index (κ2) is 18.3. The van der Waals surface area contributed by atoms with Crippen molar-refractivity contribution in [3.8, 4) is 11.5 Å². The number of hydrogen-bond donors (Lipinski definition) is 2. The van der Waals surface area contributed by atoms with Crippen molar-refractivity contribution in [2.75, 3.05) is 0 Å². The van der Waals surface area contributed by atoms with Crippen LogP contribution in [0.4, 0.5) is 0 Å². The van der Waals surface area contributed by atoms with Gasteiger partial charge in [-0.2, -0.15) is 0 Å². The fourth-order valence-electron chi connectivity index (χ4n) is 1.33. The molecule has 2 rings (SSSR count). The summed E-state index contributed by atoms with van der Waals surface area (Å²) in [6, 6.07) is 16.0. The fourth-order valence-corrected chi connectivity index (χ4v) is 1.33. The molecule has 0 aliphatic carbocycles. The van der Waals surface area contributed by atoms with Gasteiger partial charge < -0.3 is 64.4 Å². The van der Waals surface area contributed by atoms with Gasteiger partial charge in [0.25, 0.3) is 0 Å². The van der Waals surface area contributed by atoms with Gasteiger partial charge in [-0.1, -0.05) is 30.3 Å². The van der Waals surface area contributed by atoms with Gasteiger partial charge in [-0.05, 0) is 29.7 Å². The first kappa shape index (κ1) is 34.3. The molecule has 22 heavy (non-hydrogen) atoms. The molecular formula is C12H11BCl4Mg2O3. The average molecular weight is 404 g/mol. The number of ether oxygens (including phenoxy) is 1. The maximum Gasteiger partial charge on any atom is 2.00 e. The number of para-hydroxylation sites is 1. The third-order valence-corrected chi connectivity index (χ3v) is 2.16. The predicted molar refractivity (Wildman–Crippen MR) is 74.3 cm³/mol. The van der Waals surface area contributed by atoms with E-state index in [0.717, 1.165) is 5.75 Å². The van der Waals surface area contributed by atoms with Crippen LogP contribution in [0.15, 0.2) is 54.6 Å². The van der Waals surface area contributed by atoms with Crippen LogP contribution >= 0.6 is 0 Å². The quantitative estimate of drug-likeness (QED) is 0.500. The predicted octanol–water partition coefficient (Wildman–Crippen LogP) is -11.6. The van der Waals surface area contributed by atoms with Crippen molar-refractivity contribution in [2.24, 2.45) is 0 Å². The summed E-state index contributed by atoms with van der Waals surface area (Å²) >= 11 is 0. The molecule has 2 aromatic rings. The molecule has 0 saturated heterocycles. The number of benzene rings is 2. The summed E-state index contributed by atoms with van der Waals surface area (Å²) in [5, 5.41) is 17.8. The molecule has 0 aliphatic heterocycles. The molecular weight excluding hydrogens is 393 g/mol. The number of rotatable bonds is 3. The Morgan fingerprint density at radius 1 is 0.636 bits per heavy atom. The molecule has 112 valence electrons. The monoisotopic (exact) mass is 402 g/mol. The van der Waals surface area contributed by atoms with Crippen LogP contribution in [0, 0.1) is 0 Å². The zero-order chi connectivity index (χ0) is 11.4. The summed E-state index contributed by atoms with van der Waals surface area (Å²) < 4.78 is 5.55. The molecule has 0 radical (unpaired) electrons. The normalized spacial score (nSPS) is 7.18. The zero-order valence-corrected chi connectivity index (χ0v) is 17.4. The Hall–Kier alpha value is 0.917. The first-order valence-electron chi connectivity index (χ1n) is 4.95. The van der Waals surface area contributed by atoms with Gasteiger partial charge in [0.15, 0.2) is 0 Å². The molecule has 0 unspecified atom stereocenters. The fraction of sp³-hybridized carbons (Fsp3) is 0. The molecule has 0 atom stereocenters. The van der Waals surface area contributed by atoms with Crippen molar-refractivity contribution >= 4 is 58.7 Å². The SMILES string of the molecule is OB(O)c1ccc(Oc2ccccc2)cc1.[Cl-].[Cl-].[Cl-].[Cl-].[Mg+2].[Mg+2]. The summed E-state index contributed by atoms with van der Waals surface area (Å²) in [6.45, 7) is 0. The third-order valence-electron chi connectivity index (χ3n) is 2.16. The van der Waals surface area contributed by atoms with E-state index in [9.17, 15) is 0 Å². The zero-order valence-electron chi connectivity index (χ0n) is 11.5. The Bertz CT molecular complexity index is 464. The Morgan fingerprint density at radius 2 is 1.05 bits per heavy atom. The van der Waals surface area contributed by atoms with Crippen molar-refractivity contribution < 1.29 is 64.4 Å². The van der Waals surface area contributed by atoms with Crippen LogP contribution in [0.1, 0.15) is 0 Å². The Balaban J connectivity index is -0.000000161. The van der Waals surface area contributed by atoms with Crippen molar-refractivity contribution in [1.29, 1.82) is 0 Å². The topological polar surface area (TPSA) is 49.7 Å². The molecule has 0 spiro atoms. The maximum absolute atomic E-state index is 8.92. The van der Waals surface area contributed by atoms with Crippen LogP contribution in [0.25, 0.3) is 0 Å². The molecule has 0 aromatic heterocycles. The van der Waals surface area contributed by atoms with E-state index < -0.39 is 7.12 Å². The van der Waals surface area contributed by atoms with Crippen LogP contribution in [0.2, 0.25) is 0 Å².